The highest BCUT2D eigenvalue weighted by molar-refractivity contribution is 5.80. The zero-order valence-corrected chi connectivity index (χ0v) is 10.3. The molecule has 2 atom stereocenters. The molecule has 2 unspecified atom stereocenters. The van der Waals surface area contributed by atoms with Crippen LogP contribution >= 0.6 is 0 Å². The van der Waals surface area contributed by atoms with Crippen LogP contribution in [0.3, 0.4) is 0 Å². The summed E-state index contributed by atoms with van der Waals surface area (Å²) in [6.07, 6.45) is 2.30. The fourth-order valence-electron chi connectivity index (χ4n) is 2.35. The molecule has 0 amide bonds. The van der Waals surface area contributed by atoms with E-state index < -0.39 is 0 Å². The van der Waals surface area contributed by atoms with Gasteiger partial charge in [0.2, 0.25) is 0 Å². The molecule has 0 aromatic rings. The maximum atomic E-state index is 11.5. The van der Waals surface area contributed by atoms with Crippen LogP contribution in [0.5, 0.6) is 0 Å². The van der Waals surface area contributed by atoms with Gasteiger partial charge in [0, 0.05) is 24.9 Å². The van der Waals surface area contributed by atoms with Gasteiger partial charge in [-0.25, -0.2) is 0 Å². The van der Waals surface area contributed by atoms with E-state index in [2.05, 4.69) is 18.7 Å². The summed E-state index contributed by atoms with van der Waals surface area (Å²) in [6, 6.07) is 0.390. The van der Waals surface area contributed by atoms with Crippen LogP contribution in [0.4, 0.5) is 0 Å². The summed E-state index contributed by atoms with van der Waals surface area (Å²) in [6.45, 7) is 6.57. The van der Waals surface area contributed by atoms with Crippen LogP contribution in [-0.2, 0) is 4.79 Å². The summed E-state index contributed by atoms with van der Waals surface area (Å²) < 4.78 is 0. The lowest BCUT2D eigenvalue weighted by atomic mass is 9.72. The summed E-state index contributed by atoms with van der Waals surface area (Å²) in [5.74, 6) is 0.358. The maximum Gasteiger partial charge on any atom is 0.134 e. The van der Waals surface area contributed by atoms with Crippen LogP contribution in [0.1, 0.15) is 40.0 Å². The molecule has 15 heavy (non-hydrogen) atoms. The molecule has 1 aliphatic rings. The largest absolute Gasteiger partial charge is 0.395 e. The first kappa shape index (κ1) is 12.7. The third-order valence-electron chi connectivity index (χ3n) is 3.82. The van der Waals surface area contributed by atoms with Crippen molar-refractivity contribution < 1.29 is 9.90 Å². The van der Waals surface area contributed by atoms with Crippen molar-refractivity contribution >= 4 is 5.78 Å². The third-order valence-corrected chi connectivity index (χ3v) is 3.82. The number of likely N-dealkylation sites (N-methyl/N-ethyl adjacent to an activating group) is 1. The van der Waals surface area contributed by atoms with Gasteiger partial charge >= 0.3 is 0 Å². The van der Waals surface area contributed by atoms with Gasteiger partial charge in [0.15, 0.2) is 0 Å². The van der Waals surface area contributed by atoms with Crippen molar-refractivity contribution in [1.82, 2.24) is 4.90 Å². The molecule has 0 heterocycles. The minimum Gasteiger partial charge on any atom is -0.395 e. The van der Waals surface area contributed by atoms with Crippen molar-refractivity contribution in [3.05, 3.63) is 0 Å². The smallest absolute Gasteiger partial charge is 0.134 e. The van der Waals surface area contributed by atoms with E-state index in [0.29, 0.717) is 18.6 Å². The monoisotopic (exact) mass is 213 g/mol. The lowest BCUT2D eigenvalue weighted by Crippen LogP contribution is -2.51. The van der Waals surface area contributed by atoms with Gasteiger partial charge < -0.3 is 5.11 Å². The Bertz CT molecular complexity index is 238. The van der Waals surface area contributed by atoms with Gasteiger partial charge in [-0.15, -0.1) is 0 Å². The van der Waals surface area contributed by atoms with Crippen molar-refractivity contribution in [2.75, 3.05) is 13.7 Å². The van der Waals surface area contributed by atoms with Gasteiger partial charge in [-0.1, -0.05) is 13.8 Å². The Morgan fingerprint density at radius 2 is 2.20 bits per heavy atom. The number of ketones is 1. The first-order chi connectivity index (χ1) is 6.88. The molecule has 0 bridgehead atoms. The average Bonchev–Trinajstić information content (AvgIpc) is 2.19. The number of hydrogen-bond donors (Lipinski definition) is 1. The lowest BCUT2D eigenvalue weighted by molar-refractivity contribution is -0.125. The number of nitrogens with zero attached hydrogens (tertiary/aromatic N) is 1. The summed E-state index contributed by atoms with van der Waals surface area (Å²) in [7, 11) is 2.01. The SMILES string of the molecule is CC(CO)N(C)C1CC(=O)CCC1(C)C. The Morgan fingerprint density at radius 1 is 1.60 bits per heavy atom. The Labute approximate surface area is 92.5 Å². The number of Topliss-reactive ketones (excluding diaryl/α,β-unsaturated/α-hetero) is 1. The van der Waals surface area contributed by atoms with Crippen LogP contribution in [0.2, 0.25) is 0 Å². The van der Waals surface area contributed by atoms with Crippen molar-refractivity contribution in [3.63, 3.8) is 0 Å². The maximum absolute atomic E-state index is 11.5. The third kappa shape index (κ3) is 2.79. The van der Waals surface area contributed by atoms with Gasteiger partial charge in [0.05, 0.1) is 6.61 Å². The van der Waals surface area contributed by atoms with E-state index in [-0.39, 0.29) is 24.1 Å². The van der Waals surface area contributed by atoms with Crippen molar-refractivity contribution in [3.8, 4) is 0 Å². The summed E-state index contributed by atoms with van der Waals surface area (Å²) in [4.78, 5) is 13.6. The van der Waals surface area contributed by atoms with Crippen LogP contribution in [0, 0.1) is 5.41 Å². The summed E-state index contributed by atoms with van der Waals surface area (Å²) in [5, 5.41) is 9.15. The Kier molecular flexibility index (Phi) is 3.90. The van der Waals surface area contributed by atoms with E-state index in [1.165, 1.54) is 0 Å². The number of carbonyl (C=O) groups is 1. The minimum absolute atomic E-state index is 0.125. The normalized spacial score (nSPS) is 28.1. The van der Waals surface area contributed by atoms with Crippen molar-refractivity contribution in [2.24, 2.45) is 5.41 Å². The highest BCUT2D eigenvalue weighted by atomic mass is 16.3. The van der Waals surface area contributed by atoms with Crippen LogP contribution in [-0.4, -0.2) is 41.5 Å². The molecule has 1 fully saturated rings. The predicted molar refractivity (Wildman–Crippen MR) is 60.7 cm³/mol. The molecule has 1 rings (SSSR count). The molecule has 0 radical (unpaired) electrons. The number of rotatable bonds is 3. The molecule has 0 aromatic carbocycles. The highest BCUT2D eigenvalue weighted by Gasteiger charge is 2.39. The Balaban J connectivity index is 2.75. The molecular formula is C12H23NO2. The fourth-order valence-corrected chi connectivity index (χ4v) is 2.35. The second-order valence-corrected chi connectivity index (χ2v) is 5.44. The first-order valence-electron chi connectivity index (χ1n) is 5.73. The Hall–Kier alpha value is -0.410. The predicted octanol–water partition coefficient (Wildman–Crippen LogP) is 1.45. The topological polar surface area (TPSA) is 40.5 Å². The summed E-state index contributed by atoms with van der Waals surface area (Å²) >= 11 is 0. The molecular weight excluding hydrogens is 190 g/mol. The molecule has 0 aliphatic heterocycles. The van der Waals surface area contributed by atoms with Gasteiger partial charge in [-0.2, -0.15) is 0 Å². The van der Waals surface area contributed by atoms with Gasteiger partial charge in [0.1, 0.15) is 5.78 Å². The second-order valence-electron chi connectivity index (χ2n) is 5.44. The van der Waals surface area contributed by atoms with E-state index in [0.717, 1.165) is 6.42 Å². The van der Waals surface area contributed by atoms with E-state index >= 15 is 0 Å². The van der Waals surface area contributed by atoms with Gasteiger partial charge in [0.25, 0.3) is 0 Å². The van der Waals surface area contributed by atoms with Crippen LogP contribution in [0.15, 0.2) is 0 Å². The molecule has 88 valence electrons. The van der Waals surface area contributed by atoms with Crippen LogP contribution < -0.4 is 0 Å². The first-order valence-corrected chi connectivity index (χ1v) is 5.73. The zero-order valence-electron chi connectivity index (χ0n) is 10.3. The summed E-state index contributed by atoms with van der Waals surface area (Å²) in [5.41, 5.74) is 0.173. The molecule has 0 aromatic heterocycles. The molecule has 1 saturated carbocycles. The number of aliphatic hydroxyl groups excluding tert-OH is 1. The minimum atomic E-state index is 0.125. The lowest BCUT2D eigenvalue weighted by Gasteiger charge is -2.45. The Morgan fingerprint density at radius 3 is 2.73 bits per heavy atom. The average molecular weight is 213 g/mol. The molecule has 1 aliphatic carbocycles. The van der Waals surface area contributed by atoms with Crippen molar-refractivity contribution in [1.29, 1.82) is 0 Å². The standard InChI is InChI=1S/C12H23NO2/c1-9(8-14)13(4)11-7-10(15)5-6-12(11,2)3/h9,11,14H,5-8H2,1-4H3. The van der Waals surface area contributed by atoms with E-state index in [1.54, 1.807) is 0 Å². The molecule has 3 heteroatoms. The van der Waals surface area contributed by atoms with Gasteiger partial charge in [-0.05, 0) is 25.8 Å². The van der Waals surface area contributed by atoms with E-state index in [9.17, 15) is 4.79 Å². The zero-order chi connectivity index (χ0) is 11.6. The molecule has 3 nitrogen and oxygen atoms in total. The number of aliphatic hydroxyl groups is 1. The second kappa shape index (κ2) is 4.62. The number of carbonyl (C=O) groups excluding carboxylic acids is 1. The van der Waals surface area contributed by atoms with E-state index in [1.807, 2.05) is 14.0 Å². The van der Waals surface area contributed by atoms with Gasteiger partial charge in [-0.3, -0.25) is 9.69 Å². The van der Waals surface area contributed by atoms with Crippen molar-refractivity contribution in [2.45, 2.75) is 52.1 Å². The molecule has 0 spiro atoms. The van der Waals surface area contributed by atoms with E-state index in [4.69, 9.17) is 5.11 Å². The number of hydrogen-bond acceptors (Lipinski definition) is 3. The molecule has 0 saturated heterocycles. The highest BCUT2D eigenvalue weighted by Crippen LogP contribution is 2.37. The molecule has 1 N–H and O–H groups in total. The quantitative estimate of drug-likeness (QED) is 0.771. The van der Waals surface area contributed by atoms with Crippen LogP contribution in [0.25, 0.3) is 0 Å². The fraction of sp³-hybridized carbons (Fsp3) is 0.917.